The maximum Gasteiger partial charge on any atom is 0.471 e. The molecule has 0 bridgehead atoms. The van der Waals surface area contributed by atoms with Crippen molar-refractivity contribution in [3.8, 4) is 0 Å². The molecule has 28 heavy (non-hydrogen) atoms. The van der Waals surface area contributed by atoms with E-state index in [2.05, 4.69) is 0 Å². The van der Waals surface area contributed by atoms with Crippen LogP contribution >= 0.6 is 22.0 Å². The Hall–Kier alpha value is -1.27. The normalized spacial score (nSPS) is 23.8. The Kier molecular flexibility index (Phi) is 5.29. The zero-order chi connectivity index (χ0) is 21.1. The SMILES string of the molecule is O=C(Cc1sc2c(c1S(=O)(=O)Cl)C[C@@H](NC(=O)C(F)(F)F)CC2)C1CC1(F)F. The van der Waals surface area contributed by atoms with Crippen molar-refractivity contribution in [3.63, 3.8) is 0 Å². The van der Waals surface area contributed by atoms with Crippen LogP contribution in [0.2, 0.25) is 0 Å². The van der Waals surface area contributed by atoms with E-state index in [1.165, 1.54) is 0 Å². The Morgan fingerprint density at radius 2 is 1.89 bits per heavy atom. The average molecular weight is 466 g/mol. The number of aryl methyl sites for hydroxylation is 1. The number of carbonyl (C=O) groups is 2. The van der Waals surface area contributed by atoms with Gasteiger partial charge in [0.15, 0.2) is 0 Å². The van der Waals surface area contributed by atoms with E-state index in [9.17, 15) is 40.0 Å². The molecule has 3 rings (SSSR count). The molecule has 1 unspecified atom stereocenters. The van der Waals surface area contributed by atoms with Crippen LogP contribution in [0.4, 0.5) is 22.0 Å². The summed E-state index contributed by atoms with van der Waals surface area (Å²) >= 11 is 0.925. The quantitative estimate of drug-likeness (QED) is 0.535. The predicted molar refractivity (Wildman–Crippen MR) is 89.1 cm³/mol. The number of hydrogen-bond donors (Lipinski definition) is 1. The van der Waals surface area contributed by atoms with Crippen molar-refractivity contribution < 1.29 is 40.0 Å². The van der Waals surface area contributed by atoms with Crippen molar-refractivity contribution in [1.29, 1.82) is 0 Å². The standard InChI is InChI=1S/C15H13ClF5NO4S2/c16-28(25,26)12-7-3-6(22-13(24)15(19,20)21)1-2-10(7)27-11(12)4-9(23)8-5-14(8,17)18/h6,8H,1-5H2,(H,22,24)/t6-,8?/m0/s1. The summed E-state index contributed by atoms with van der Waals surface area (Å²) in [7, 11) is 1.07. The van der Waals surface area contributed by atoms with Gasteiger partial charge in [0.1, 0.15) is 10.7 Å². The maximum atomic E-state index is 13.1. The Labute approximate surface area is 164 Å². The minimum Gasteiger partial charge on any atom is -0.345 e. The first-order valence-electron chi connectivity index (χ1n) is 8.06. The molecule has 1 fully saturated rings. The highest BCUT2D eigenvalue weighted by Gasteiger charge is 2.60. The van der Waals surface area contributed by atoms with Crippen LogP contribution in [0.25, 0.3) is 0 Å². The molecular formula is C15H13ClF5NO4S2. The number of thiophene rings is 1. The molecule has 2 aliphatic carbocycles. The Morgan fingerprint density at radius 1 is 1.29 bits per heavy atom. The molecular weight excluding hydrogens is 453 g/mol. The molecule has 1 heterocycles. The molecule has 0 spiro atoms. The van der Waals surface area contributed by atoms with Crippen LogP contribution in [0.3, 0.4) is 0 Å². The average Bonchev–Trinajstić information content (AvgIpc) is 3.00. The summed E-state index contributed by atoms with van der Waals surface area (Å²) in [5.41, 5.74) is 0.129. The molecule has 13 heteroatoms. The first kappa shape index (κ1) is 21.4. The van der Waals surface area contributed by atoms with Gasteiger partial charge in [-0.2, -0.15) is 13.2 Å². The Bertz CT molecular complexity index is 941. The molecule has 2 aliphatic rings. The summed E-state index contributed by atoms with van der Waals surface area (Å²) in [6.45, 7) is 0. The molecule has 2 atom stereocenters. The van der Waals surface area contributed by atoms with Crippen LogP contribution in [0, 0.1) is 5.92 Å². The lowest BCUT2D eigenvalue weighted by Crippen LogP contribution is -2.45. The summed E-state index contributed by atoms with van der Waals surface area (Å²) in [6, 6.07) is -0.968. The second-order valence-electron chi connectivity index (χ2n) is 6.77. The number of halogens is 6. The molecule has 1 aromatic heterocycles. The highest BCUT2D eigenvalue weighted by Crippen LogP contribution is 2.50. The summed E-state index contributed by atoms with van der Waals surface area (Å²) in [5, 5.41) is 1.80. The van der Waals surface area contributed by atoms with Crippen LogP contribution in [0.15, 0.2) is 4.90 Å². The smallest absolute Gasteiger partial charge is 0.345 e. The summed E-state index contributed by atoms with van der Waals surface area (Å²) < 4.78 is 87.5. The number of alkyl halides is 5. The number of Topliss-reactive ketones (excluding diaryl/α,β-unsaturated/α-hetero) is 1. The lowest BCUT2D eigenvalue weighted by atomic mass is 9.93. The van der Waals surface area contributed by atoms with E-state index in [0.29, 0.717) is 4.88 Å². The van der Waals surface area contributed by atoms with E-state index in [1.54, 1.807) is 5.32 Å². The number of carbonyl (C=O) groups excluding carboxylic acids is 2. The van der Waals surface area contributed by atoms with Gasteiger partial charge in [0.2, 0.25) is 0 Å². The van der Waals surface area contributed by atoms with Gasteiger partial charge in [-0.05, 0) is 24.8 Å². The third kappa shape index (κ3) is 4.33. The summed E-state index contributed by atoms with van der Waals surface area (Å²) in [5.74, 6) is -7.51. The van der Waals surface area contributed by atoms with Gasteiger partial charge in [0.05, 0.1) is 5.92 Å². The largest absolute Gasteiger partial charge is 0.471 e. The van der Waals surface area contributed by atoms with Crippen molar-refractivity contribution in [3.05, 3.63) is 15.3 Å². The molecule has 0 aromatic carbocycles. The van der Waals surface area contributed by atoms with Gasteiger partial charge in [0.25, 0.3) is 15.0 Å². The Balaban J connectivity index is 1.86. The van der Waals surface area contributed by atoms with Crippen molar-refractivity contribution in [2.45, 2.75) is 55.1 Å². The molecule has 0 saturated heterocycles. The third-order valence-electron chi connectivity index (χ3n) is 4.67. The lowest BCUT2D eigenvalue weighted by Gasteiger charge is -2.24. The highest BCUT2D eigenvalue weighted by molar-refractivity contribution is 8.14. The van der Waals surface area contributed by atoms with E-state index < -0.39 is 62.5 Å². The minimum absolute atomic E-state index is 0.00417. The zero-order valence-electron chi connectivity index (χ0n) is 13.9. The summed E-state index contributed by atoms with van der Waals surface area (Å²) in [4.78, 5) is 23.2. The summed E-state index contributed by atoms with van der Waals surface area (Å²) in [6.07, 6.45) is -6.14. The first-order valence-corrected chi connectivity index (χ1v) is 11.2. The minimum atomic E-state index is -5.08. The molecule has 1 saturated carbocycles. The van der Waals surface area contributed by atoms with E-state index in [1.807, 2.05) is 0 Å². The van der Waals surface area contributed by atoms with Gasteiger partial charge in [-0.1, -0.05) is 0 Å². The zero-order valence-corrected chi connectivity index (χ0v) is 16.3. The molecule has 0 aliphatic heterocycles. The monoisotopic (exact) mass is 465 g/mol. The Morgan fingerprint density at radius 3 is 2.39 bits per heavy atom. The van der Waals surface area contributed by atoms with Crippen LogP contribution in [-0.2, 0) is 37.9 Å². The van der Waals surface area contributed by atoms with Crippen LogP contribution in [-0.4, -0.2) is 38.2 Å². The molecule has 5 nitrogen and oxygen atoms in total. The van der Waals surface area contributed by atoms with Gasteiger partial charge in [-0.3, -0.25) is 9.59 Å². The van der Waals surface area contributed by atoms with E-state index in [0.717, 1.165) is 11.3 Å². The predicted octanol–water partition coefficient (Wildman–Crippen LogP) is 2.98. The van der Waals surface area contributed by atoms with Crippen molar-refractivity contribution in [2.75, 3.05) is 0 Å². The number of fused-ring (bicyclic) bond motifs is 1. The molecule has 156 valence electrons. The fourth-order valence-corrected chi connectivity index (χ4v) is 6.56. The number of ketones is 1. The van der Waals surface area contributed by atoms with E-state index >= 15 is 0 Å². The molecule has 0 radical (unpaired) electrons. The molecule has 1 amide bonds. The highest BCUT2D eigenvalue weighted by atomic mass is 35.7. The van der Waals surface area contributed by atoms with E-state index in [-0.39, 0.29) is 29.7 Å². The van der Waals surface area contributed by atoms with Crippen LogP contribution in [0.1, 0.15) is 28.2 Å². The molecule has 1 aromatic rings. The fourth-order valence-electron chi connectivity index (χ4n) is 3.25. The maximum absolute atomic E-state index is 13.1. The van der Waals surface area contributed by atoms with Gasteiger partial charge < -0.3 is 5.32 Å². The van der Waals surface area contributed by atoms with Crippen molar-refractivity contribution in [1.82, 2.24) is 5.32 Å². The molecule has 1 N–H and O–H groups in total. The van der Waals surface area contributed by atoms with Gasteiger partial charge >= 0.3 is 12.1 Å². The topological polar surface area (TPSA) is 80.3 Å². The number of rotatable bonds is 5. The number of hydrogen-bond acceptors (Lipinski definition) is 5. The third-order valence-corrected chi connectivity index (χ3v) is 7.53. The van der Waals surface area contributed by atoms with Crippen LogP contribution < -0.4 is 5.32 Å². The second-order valence-corrected chi connectivity index (χ2v) is 10.5. The van der Waals surface area contributed by atoms with Crippen LogP contribution in [0.5, 0.6) is 0 Å². The first-order chi connectivity index (χ1) is 12.7. The van der Waals surface area contributed by atoms with Gasteiger partial charge in [-0.15, -0.1) is 11.3 Å². The second kappa shape index (κ2) is 6.91. The van der Waals surface area contributed by atoms with E-state index in [4.69, 9.17) is 10.7 Å². The van der Waals surface area contributed by atoms with Crippen molar-refractivity contribution >= 4 is 42.8 Å². The van der Waals surface area contributed by atoms with Crippen molar-refractivity contribution in [2.24, 2.45) is 5.92 Å². The number of amides is 1. The van der Waals surface area contributed by atoms with Gasteiger partial charge in [-0.25, -0.2) is 17.2 Å². The fraction of sp³-hybridized carbons (Fsp3) is 0.600. The lowest BCUT2D eigenvalue weighted by molar-refractivity contribution is -0.174. The number of nitrogens with one attached hydrogen (secondary N) is 1. The van der Waals surface area contributed by atoms with Gasteiger partial charge in [0, 0.05) is 39.3 Å².